The number of thiophene rings is 1. The fourth-order valence-corrected chi connectivity index (χ4v) is 6.49. The molecule has 1 unspecified atom stereocenters. The second kappa shape index (κ2) is 6.92. The lowest BCUT2D eigenvalue weighted by Gasteiger charge is -2.27. The monoisotopic (exact) mass is 427 g/mol. The van der Waals surface area contributed by atoms with Crippen molar-refractivity contribution in [1.29, 1.82) is 0 Å². The molecule has 5 nitrogen and oxygen atoms in total. The molecule has 0 spiro atoms. The van der Waals surface area contributed by atoms with E-state index in [0.29, 0.717) is 22.3 Å². The molecule has 0 N–H and O–H groups in total. The minimum absolute atomic E-state index is 0.0466. The summed E-state index contributed by atoms with van der Waals surface area (Å²) in [5, 5.41) is 0.855. The maximum Gasteiger partial charge on any atom is 0.266 e. The van der Waals surface area contributed by atoms with E-state index in [1.807, 2.05) is 0 Å². The number of carbonyl (C=O) groups excluding carboxylic acids is 1. The van der Waals surface area contributed by atoms with Gasteiger partial charge in [0.1, 0.15) is 16.5 Å². The molecule has 1 saturated heterocycles. The number of carbonyl (C=O) groups is 1. The number of amides is 1. The van der Waals surface area contributed by atoms with Crippen molar-refractivity contribution >= 4 is 48.8 Å². The van der Waals surface area contributed by atoms with E-state index < -0.39 is 21.7 Å². The SMILES string of the molecule is O=C(c1sc2cc(F)ccc2c1Cl)N(Cc1ccco1)C1CCS(=O)(=O)C1. The predicted octanol–water partition coefficient (Wildman–Crippen LogP) is 4.12. The number of nitrogens with zero attached hydrogens (tertiary/aromatic N) is 1. The summed E-state index contributed by atoms with van der Waals surface area (Å²) in [6.07, 6.45) is 1.87. The van der Waals surface area contributed by atoms with Crippen molar-refractivity contribution in [2.24, 2.45) is 0 Å². The lowest BCUT2D eigenvalue weighted by Crippen LogP contribution is -2.40. The van der Waals surface area contributed by atoms with Crippen molar-refractivity contribution in [3.63, 3.8) is 0 Å². The van der Waals surface area contributed by atoms with Gasteiger partial charge in [0.05, 0.1) is 29.3 Å². The minimum atomic E-state index is -3.18. The highest BCUT2D eigenvalue weighted by molar-refractivity contribution is 7.91. The predicted molar refractivity (Wildman–Crippen MR) is 102 cm³/mol. The fourth-order valence-electron chi connectivity index (χ4n) is 3.27. The van der Waals surface area contributed by atoms with E-state index in [0.717, 1.165) is 11.3 Å². The van der Waals surface area contributed by atoms with Gasteiger partial charge in [-0.1, -0.05) is 11.6 Å². The summed E-state index contributed by atoms with van der Waals surface area (Å²) < 4.78 is 43.3. The molecule has 4 rings (SSSR count). The largest absolute Gasteiger partial charge is 0.467 e. The van der Waals surface area contributed by atoms with Crippen molar-refractivity contribution in [2.45, 2.75) is 19.0 Å². The van der Waals surface area contributed by atoms with Crippen LogP contribution in [0.1, 0.15) is 21.9 Å². The molecule has 27 heavy (non-hydrogen) atoms. The van der Waals surface area contributed by atoms with E-state index >= 15 is 0 Å². The molecule has 1 aliphatic heterocycles. The Morgan fingerprint density at radius 3 is 2.85 bits per heavy atom. The third-order valence-corrected chi connectivity index (χ3v) is 8.00. The first-order valence-electron chi connectivity index (χ1n) is 8.25. The van der Waals surface area contributed by atoms with Gasteiger partial charge in [-0.2, -0.15) is 0 Å². The Labute approximate surface area is 164 Å². The molecule has 2 aromatic heterocycles. The lowest BCUT2D eigenvalue weighted by molar-refractivity contribution is 0.0671. The van der Waals surface area contributed by atoms with Gasteiger partial charge in [0, 0.05) is 16.1 Å². The molecular formula is C18H15ClFNO4S2. The van der Waals surface area contributed by atoms with Crippen molar-refractivity contribution in [3.05, 3.63) is 58.1 Å². The van der Waals surface area contributed by atoms with Gasteiger partial charge in [-0.05, 0) is 36.8 Å². The van der Waals surface area contributed by atoms with Crippen LogP contribution in [0.25, 0.3) is 10.1 Å². The normalized spacial score (nSPS) is 18.8. The van der Waals surface area contributed by atoms with Gasteiger partial charge in [0.2, 0.25) is 0 Å². The number of sulfone groups is 1. The van der Waals surface area contributed by atoms with Crippen molar-refractivity contribution in [2.75, 3.05) is 11.5 Å². The minimum Gasteiger partial charge on any atom is -0.467 e. The number of fused-ring (bicyclic) bond motifs is 1. The Morgan fingerprint density at radius 1 is 1.37 bits per heavy atom. The van der Waals surface area contributed by atoms with Gasteiger partial charge in [-0.15, -0.1) is 11.3 Å². The van der Waals surface area contributed by atoms with Gasteiger partial charge in [-0.3, -0.25) is 4.79 Å². The number of halogens is 2. The van der Waals surface area contributed by atoms with E-state index in [2.05, 4.69) is 0 Å². The Hall–Kier alpha value is -1.90. The van der Waals surface area contributed by atoms with E-state index in [1.54, 1.807) is 12.1 Å². The van der Waals surface area contributed by atoms with E-state index in [4.69, 9.17) is 16.0 Å². The van der Waals surface area contributed by atoms with Crippen LogP contribution in [0.5, 0.6) is 0 Å². The summed E-state index contributed by atoms with van der Waals surface area (Å²) in [5.74, 6) is -0.272. The highest BCUT2D eigenvalue weighted by Gasteiger charge is 2.36. The van der Waals surface area contributed by atoms with Crippen LogP contribution in [0, 0.1) is 5.82 Å². The van der Waals surface area contributed by atoms with Crippen molar-refractivity contribution in [1.82, 2.24) is 4.90 Å². The first-order valence-corrected chi connectivity index (χ1v) is 11.3. The molecule has 0 bridgehead atoms. The quantitative estimate of drug-likeness (QED) is 0.628. The van der Waals surface area contributed by atoms with Crippen molar-refractivity contribution in [3.8, 4) is 0 Å². The van der Waals surface area contributed by atoms with E-state index in [1.165, 1.54) is 29.4 Å². The van der Waals surface area contributed by atoms with Gasteiger partial charge in [-0.25, -0.2) is 12.8 Å². The average Bonchev–Trinajstić information content (AvgIpc) is 3.32. The molecule has 142 valence electrons. The smallest absolute Gasteiger partial charge is 0.266 e. The Morgan fingerprint density at radius 2 is 2.19 bits per heavy atom. The fraction of sp³-hybridized carbons (Fsp3) is 0.278. The molecule has 1 atom stereocenters. The van der Waals surface area contributed by atoms with Gasteiger partial charge < -0.3 is 9.32 Å². The van der Waals surface area contributed by atoms with Crippen LogP contribution in [0.2, 0.25) is 5.02 Å². The standard InChI is InChI=1S/C18H15ClFNO4S2/c19-16-14-4-3-11(20)8-15(14)26-17(16)18(22)21(9-13-2-1-6-25-13)12-5-7-27(23,24)10-12/h1-4,6,8,12H,5,7,9-10H2. The van der Waals surface area contributed by atoms with Crippen LogP contribution in [0.15, 0.2) is 41.0 Å². The Bertz CT molecular complexity index is 1110. The number of hydrogen-bond acceptors (Lipinski definition) is 5. The molecule has 1 aliphatic rings. The third-order valence-electron chi connectivity index (χ3n) is 4.60. The average molecular weight is 428 g/mol. The van der Waals surface area contributed by atoms with Gasteiger partial charge in [0.25, 0.3) is 5.91 Å². The highest BCUT2D eigenvalue weighted by Crippen LogP contribution is 2.37. The molecule has 0 radical (unpaired) electrons. The Kier molecular flexibility index (Phi) is 4.73. The summed E-state index contributed by atoms with van der Waals surface area (Å²) in [6, 6.07) is 7.14. The summed E-state index contributed by atoms with van der Waals surface area (Å²) in [4.78, 5) is 15.0. The zero-order chi connectivity index (χ0) is 19.2. The summed E-state index contributed by atoms with van der Waals surface area (Å²) in [5.41, 5.74) is 0. The lowest BCUT2D eigenvalue weighted by atomic mass is 10.2. The summed E-state index contributed by atoms with van der Waals surface area (Å²) in [7, 11) is -3.18. The number of furan rings is 1. The molecule has 1 fully saturated rings. The topological polar surface area (TPSA) is 67.6 Å². The first kappa shape index (κ1) is 18.5. The summed E-state index contributed by atoms with van der Waals surface area (Å²) in [6.45, 7) is 0.144. The highest BCUT2D eigenvalue weighted by atomic mass is 35.5. The van der Waals surface area contributed by atoms with Crippen LogP contribution in [0.3, 0.4) is 0 Å². The van der Waals surface area contributed by atoms with Crippen molar-refractivity contribution < 1.29 is 22.0 Å². The van der Waals surface area contributed by atoms with Gasteiger partial charge >= 0.3 is 0 Å². The molecule has 0 saturated carbocycles. The number of rotatable bonds is 4. The molecule has 3 aromatic rings. The molecule has 3 heterocycles. The molecule has 0 aliphatic carbocycles. The van der Waals surface area contributed by atoms with Crippen LogP contribution >= 0.6 is 22.9 Å². The third kappa shape index (κ3) is 3.61. The van der Waals surface area contributed by atoms with Crippen LogP contribution in [-0.2, 0) is 16.4 Å². The van der Waals surface area contributed by atoms with Crippen LogP contribution < -0.4 is 0 Å². The molecule has 1 amide bonds. The maximum absolute atomic E-state index is 13.5. The second-order valence-electron chi connectivity index (χ2n) is 6.45. The maximum atomic E-state index is 13.5. The number of benzene rings is 1. The zero-order valence-corrected chi connectivity index (χ0v) is 16.4. The molecule has 9 heteroatoms. The summed E-state index contributed by atoms with van der Waals surface area (Å²) >= 11 is 7.49. The van der Waals surface area contributed by atoms with E-state index in [-0.39, 0.29) is 33.9 Å². The zero-order valence-electron chi connectivity index (χ0n) is 14.0. The first-order chi connectivity index (χ1) is 12.8. The molecule has 1 aromatic carbocycles. The Balaban J connectivity index is 1.73. The second-order valence-corrected chi connectivity index (χ2v) is 10.1. The van der Waals surface area contributed by atoms with Crippen LogP contribution in [0.4, 0.5) is 4.39 Å². The number of hydrogen-bond donors (Lipinski definition) is 0. The van der Waals surface area contributed by atoms with Gasteiger partial charge in [0.15, 0.2) is 9.84 Å². The van der Waals surface area contributed by atoms with E-state index in [9.17, 15) is 17.6 Å². The van der Waals surface area contributed by atoms with Crippen LogP contribution in [-0.4, -0.2) is 36.8 Å². The molecular weight excluding hydrogens is 413 g/mol.